The molecule has 0 aromatic heterocycles. The molecular weight excluding hydrogens is 346 g/mol. The van der Waals surface area contributed by atoms with Crippen molar-refractivity contribution in [3.05, 3.63) is 75.2 Å². The minimum atomic E-state index is 0.285. The molecule has 1 heterocycles. The van der Waals surface area contributed by atoms with Crippen LogP contribution in [0.3, 0.4) is 0 Å². The van der Waals surface area contributed by atoms with Crippen molar-refractivity contribution < 1.29 is 0 Å². The van der Waals surface area contributed by atoms with Crippen molar-refractivity contribution in [3.63, 3.8) is 0 Å². The Labute approximate surface area is 138 Å². The molecule has 2 aliphatic rings. The molecule has 106 valence electrons. The molecule has 0 saturated heterocycles. The SMILES string of the molecule is Clc1cccc2c1N[C@@H](c1ccccc1Br)[C@H]1CC=C[C@@H]21. The number of para-hydroxylation sites is 1. The Balaban J connectivity index is 1.85. The van der Waals surface area contributed by atoms with E-state index in [2.05, 4.69) is 63.7 Å². The van der Waals surface area contributed by atoms with Gasteiger partial charge < -0.3 is 5.32 Å². The van der Waals surface area contributed by atoms with Gasteiger partial charge in [0.05, 0.1) is 16.8 Å². The highest BCUT2D eigenvalue weighted by atomic mass is 79.9. The maximum absolute atomic E-state index is 6.43. The molecule has 1 N–H and O–H groups in total. The van der Waals surface area contributed by atoms with Gasteiger partial charge in [0.1, 0.15) is 0 Å². The first-order chi connectivity index (χ1) is 10.3. The fraction of sp³-hybridized carbons (Fsp3) is 0.222. The molecule has 2 aromatic carbocycles. The smallest absolute Gasteiger partial charge is 0.0640 e. The lowest BCUT2D eigenvalue weighted by Gasteiger charge is -2.38. The molecule has 3 atom stereocenters. The molecule has 0 unspecified atom stereocenters. The number of halogens is 2. The van der Waals surface area contributed by atoms with Gasteiger partial charge in [0, 0.05) is 10.4 Å². The van der Waals surface area contributed by atoms with Crippen LogP contribution in [0.15, 0.2) is 59.1 Å². The molecule has 3 heteroatoms. The molecule has 21 heavy (non-hydrogen) atoms. The van der Waals surface area contributed by atoms with Gasteiger partial charge in [-0.1, -0.05) is 70.0 Å². The average Bonchev–Trinajstić information content (AvgIpc) is 2.97. The van der Waals surface area contributed by atoms with Gasteiger partial charge >= 0.3 is 0 Å². The summed E-state index contributed by atoms with van der Waals surface area (Å²) in [6, 6.07) is 14.9. The second-order valence-corrected chi connectivity index (χ2v) is 6.96. The number of hydrogen-bond acceptors (Lipinski definition) is 1. The lowest BCUT2D eigenvalue weighted by atomic mass is 9.77. The summed E-state index contributed by atoms with van der Waals surface area (Å²) in [5.41, 5.74) is 3.72. The molecule has 0 fully saturated rings. The second kappa shape index (κ2) is 5.19. The Morgan fingerprint density at radius 1 is 1.05 bits per heavy atom. The topological polar surface area (TPSA) is 12.0 Å². The van der Waals surface area contributed by atoms with Gasteiger partial charge in [-0.05, 0) is 35.6 Å². The zero-order valence-electron chi connectivity index (χ0n) is 11.4. The summed E-state index contributed by atoms with van der Waals surface area (Å²) >= 11 is 10.1. The Bertz CT molecular complexity index is 725. The van der Waals surface area contributed by atoms with E-state index in [0.717, 1.165) is 21.6 Å². The Morgan fingerprint density at radius 2 is 1.86 bits per heavy atom. The van der Waals surface area contributed by atoms with Crippen molar-refractivity contribution in [3.8, 4) is 0 Å². The molecule has 1 aliphatic carbocycles. The van der Waals surface area contributed by atoms with Crippen LogP contribution in [0.2, 0.25) is 5.02 Å². The highest BCUT2D eigenvalue weighted by molar-refractivity contribution is 9.10. The summed E-state index contributed by atoms with van der Waals surface area (Å²) in [4.78, 5) is 0. The third-order valence-electron chi connectivity index (χ3n) is 4.59. The molecule has 1 nitrogen and oxygen atoms in total. The molecular formula is C18H15BrClN. The Morgan fingerprint density at radius 3 is 2.71 bits per heavy atom. The maximum atomic E-state index is 6.43. The number of rotatable bonds is 1. The first kappa shape index (κ1) is 13.4. The number of nitrogens with one attached hydrogen (secondary N) is 1. The molecule has 1 aliphatic heterocycles. The van der Waals surface area contributed by atoms with E-state index in [1.54, 1.807) is 0 Å². The van der Waals surface area contributed by atoms with Crippen molar-refractivity contribution in [2.75, 3.05) is 5.32 Å². The fourth-order valence-corrected chi connectivity index (χ4v) is 4.39. The zero-order chi connectivity index (χ0) is 14.4. The van der Waals surface area contributed by atoms with E-state index in [4.69, 9.17) is 11.6 Å². The number of fused-ring (bicyclic) bond motifs is 3. The average molecular weight is 361 g/mol. The van der Waals surface area contributed by atoms with Crippen molar-refractivity contribution in [2.45, 2.75) is 18.4 Å². The summed E-state index contributed by atoms with van der Waals surface area (Å²) in [5, 5.41) is 4.50. The van der Waals surface area contributed by atoms with Gasteiger partial charge in [-0.3, -0.25) is 0 Å². The zero-order valence-corrected chi connectivity index (χ0v) is 13.7. The quantitative estimate of drug-likeness (QED) is 0.622. The van der Waals surface area contributed by atoms with Crippen LogP contribution in [0.25, 0.3) is 0 Å². The summed E-state index contributed by atoms with van der Waals surface area (Å²) in [7, 11) is 0. The summed E-state index contributed by atoms with van der Waals surface area (Å²) < 4.78 is 1.16. The van der Waals surface area contributed by atoms with Crippen LogP contribution in [-0.4, -0.2) is 0 Å². The number of anilines is 1. The molecule has 0 amide bonds. The Kier molecular flexibility index (Phi) is 3.31. The van der Waals surface area contributed by atoms with Gasteiger partial charge in [0.2, 0.25) is 0 Å². The minimum Gasteiger partial charge on any atom is -0.376 e. The first-order valence-electron chi connectivity index (χ1n) is 7.22. The second-order valence-electron chi connectivity index (χ2n) is 5.70. The van der Waals surface area contributed by atoms with Crippen molar-refractivity contribution in [1.29, 1.82) is 0 Å². The van der Waals surface area contributed by atoms with Crippen LogP contribution in [0.5, 0.6) is 0 Å². The molecule has 0 spiro atoms. The van der Waals surface area contributed by atoms with E-state index in [9.17, 15) is 0 Å². The van der Waals surface area contributed by atoms with Crippen LogP contribution in [-0.2, 0) is 0 Å². The maximum Gasteiger partial charge on any atom is 0.0640 e. The van der Waals surface area contributed by atoms with Gasteiger partial charge in [-0.15, -0.1) is 0 Å². The van der Waals surface area contributed by atoms with E-state index in [-0.39, 0.29) is 6.04 Å². The van der Waals surface area contributed by atoms with Crippen molar-refractivity contribution in [1.82, 2.24) is 0 Å². The highest BCUT2D eigenvalue weighted by Crippen LogP contribution is 2.52. The normalized spacial score (nSPS) is 26.1. The van der Waals surface area contributed by atoms with Crippen LogP contribution in [0.4, 0.5) is 5.69 Å². The molecule has 0 saturated carbocycles. The van der Waals surface area contributed by atoms with E-state index in [1.165, 1.54) is 11.1 Å². The number of allylic oxidation sites excluding steroid dienone is 2. The minimum absolute atomic E-state index is 0.285. The van der Waals surface area contributed by atoms with Gasteiger partial charge in [-0.25, -0.2) is 0 Å². The van der Waals surface area contributed by atoms with Gasteiger partial charge in [0.25, 0.3) is 0 Å². The van der Waals surface area contributed by atoms with Crippen LogP contribution in [0.1, 0.15) is 29.5 Å². The van der Waals surface area contributed by atoms with E-state index >= 15 is 0 Å². The van der Waals surface area contributed by atoms with E-state index in [0.29, 0.717) is 11.8 Å². The van der Waals surface area contributed by atoms with E-state index < -0.39 is 0 Å². The molecule has 2 aromatic rings. The first-order valence-corrected chi connectivity index (χ1v) is 8.39. The van der Waals surface area contributed by atoms with Crippen LogP contribution < -0.4 is 5.32 Å². The largest absolute Gasteiger partial charge is 0.376 e. The third kappa shape index (κ3) is 2.13. The molecule has 4 rings (SSSR count). The molecule has 0 radical (unpaired) electrons. The summed E-state index contributed by atoms with van der Waals surface area (Å²) in [6.45, 7) is 0. The molecule has 0 bridgehead atoms. The number of benzene rings is 2. The number of hydrogen-bond donors (Lipinski definition) is 1. The fourth-order valence-electron chi connectivity index (χ4n) is 3.62. The van der Waals surface area contributed by atoms with Crippen LogP contribution in [0, 0.1) is 5.92 Å². The third-order valence-corrected chi connectivity index (χ3v) is 5.62. The summed E-state index contributed by atoms with van der Waals surface area (Å²) in [6.07, 6.45) is 5.75. The lowest BCUT2D eigenvalue weighted by Crippen LogP contribution is -2.29. The lowest BCUT2D eigenvalue weighted by molar-refractivity contribution is 0.424. The summed E-state index contributed by atoms with van der Waals surface area (Å²) in [5.74, 6) is 1.01. The predicted octanol–water partition coefficient (Wildman–Crippen LogP) is 5.93. The highest BCUT2D eigenvalue weighted by Gasteiger charge is 2.38. The van der Waals surface area contributed by atoms with Gasteiger partial charge in [-0.2, -0.15) is 0 Å². The standard InChI is InChI=1S/C18H15BrClN/c19-15-9-2-1-5-14(15)17-12-7-3-6-11(12)13-8-4-10-16(20)18(13)21-17/h1-6,8-12,17,21H,7H2/t11-,12+,17-/m1/s1. The van der Waals surface area contributed by atoms with Crippen molar-refractivity contribution >= 4 is 33.2 Å². The Hall–Kier alpha value is -1.25. The van der Waals surface area contributed by atoms with Crippen molar-refractivity contribution in [2.24, 2.45) is 5.92 Å². The van der Waals surface area contributed by atoms with Crippen LogP contribution >= 0.6 is 27.5 Å². The van der Waals surface area contributed by atoms with Gasteiger partial charge in [0.15, 0.2) is 0 Å². The van der Waals surface area contributed by atoms with E-state index in [1.807, 2.05) is 12.1 Å². The monoisotopic (exact) mass is 359 g/mol. The predicted molar refractivity (Wildman–Crippen MR) is 91.9 cm³/mol.